The maximum atomic E-state index is 13.4. The number of aromatic nitrogens is 8. The number of carboxylic acid groups (broad SMARTS) is 2. The number of hydrogen-bond donors (Lipinski definition) is 15. The third kappa shape index (κ3) is 18.1. The van der Waals surface area contributed by atoms with E-state index in [4.69, 9.17) is 5.73 Å². The highest BCUT2D eigenvalue weighted by Gasteiger charge is 2.28. The number of hydrogen-bond acceptors (Lipinski definition) is 17. The number of imidazole rings is 2. The smallest absolute Gasteiger partial charge is 0.328 e. The zero-order valence-electron chi connectivity index (χ0n) is 43.4. The molecule has 8 amide bonds. The Morgan fingerprint density at radius 2 is 1.07 bits per heavy atom. The quantitative estimate of drug-likeness (QED) is 0.0189. The van der Waals surface area contributed by atoms with Crippen molar-refractivity contribution in [2.24, 2.45) is 5.73 Å². The molecule has 0 saturated heterocycles. The van der Waals surface area contributed by atoms with Gasteiger partial charge in [-0.2, -0.15) is 10.2 Å². The van der Waals surface area contributed by atoms with Gasteiger partial charge < -0.3 is 79.1 Å². The highest BCUT2D eigenvalue weighted by atomic mass is 16.4. The number of rotatable bonds is 33. The second-order valence-corrected chi connectivity index (χ2v) is 18.0. The van der Waals surface area contributed by atoms with E-state index in [1.807, 2.05) is 0 Å². The molecule has 0 radical (unpaired) electrons. The monoisotopic (exact) mass is 1110 g/mol. The summed E-state index contributed by atoms with van der Waals surface area (Å²) in [5, 5.41) is 54.8. The lowest BCUT2D eigenvalue weighted by Crippen LogP contribution is -2.54. The molecule has 0 fully saturated rings. The van der Waals surface area contributed by atoms with Gasteiger partial charge in [-0.3, -0.25) is 47.7 Å². The molecule has 80 heavy (non-hydrogen) atoms. The van der Waals surface area contributed by atoms with E-state index in [2.05, 4.69) is 83.3 Å². The molecular weight excluding hydrogens is 1050 g/mol. The average Bonchev–Trinajstić information content (AvgIpc) is 4.31. The van der Waals surface area contributed by atoms with E-state index in [9.17, 15) is 58.2 Å². The van der Waals surface area contributed by atoms with Gasteiger partial charge in [-0.05, 0) is 62.1 Å². The highest BCUT2D eigenvalue weighted by molar-refractivity contribution is 6.00. The second-order valence-electron chi connectivity index (χ2n) is 18.0. The Balaban J connectivity index is 0.945. The van der Waals surface area contributed by atoms with E-state index in [0.717, 1.165) is 23.9 Å². The van der Waals surface area contributed by atoms with Gasteiger partial charge in [0.2, 0.25) is 35.4 Å². The molecule has 0 saturated carbocycles. The average molecular weight is 1110 g/mol. The molecule has 426 valence electrons. The number of aryl methyl sites for hydroxylation is 2. The summed E-state index contributed by atoms with van der Waals surface area (Å²) >= 11 is 0. The molecule has 4 heterocycles. The number of benzene rings is 2. The van der Waals surface area contributed by atoms with Gasteiger partial charge in [0.05, 0.1) is 42.6 Å². The van der Waals surface area contributed by atoms with Crippen molar-refractivity contribution in [3.05, 3.63) is 84.7 Å². The predicted octanol–water partition coefficient (Wildman–Crippen LogP) is -2.51. The number of H-pyrrole nitrogens is 2. The third-order valence-electron chi connectivity index (χ3n) is 12.1. The molecule has 2 unspecified atom stereocenters. The highest BCUT2D eigenvalue weighted by Crippen LogP contribution is 2.18. The van der Waals surface area contributed by atoms with Crippen LogP contribution in [-0.2, 0) is 51.4 Å². The maximum Gasteiger partial charge on any atom is 0.328 e. The van der Waals surface area contributed by atoms with Gasteiger partial charge in [-0.15, -0.1) is 0 Å². The number of carbonyl (C=O) groups excluding carboxylic acids is 8. The molecule has 6 rings (SSSR count). The Hall–Kier alpha value is -9.94. The minimum absolute atomic E-state index is 0.132. The van der Waals surface area contributed by atoms with Crippen LogP contribution in [0.4, 0.5) is 11.9 Å². The minimum Gasteiger partial charge on any atom is -0.480 e. The van der Waals surface area contributed by atoms with Gasteiger partial charge in [-0.1, -0.05) is 0 Å². The summed E-state index contributed by atoms with van der Waals surface area (Å²) in [7, 11) is 1.38. The first kappa shape index (κ1) is 59.3. The molecule has 16 N–H and O–H groups in total. The van der Waals surface area contributed by atoms with Crippen LogP contribution in [0.1, 0.15) is 59.2 Å². The van der Waals surface area contributed by atoms with Gasteiger partial charge in [0.25, 0.3) is 11.8 Å². The maximum absolute atomic E-state index is 13.4. The molecule has 31 nitrogen and oxygen atoms in total. The lowest BCUT2D eigenvalue weighted by Gasteiger charge is -2.21. The molecule has 2 aromatic carbocycles. The zero-order valence-corrected chi connectivity index (χ0v) is 43.4. The van der Waals surface area contributed by atoms with Crippen LogP contribution in [0.15, 0.2) is 73.6 Å². The van der Waals surface area contributed by atoms with Crippen molar-refractivity contribution in [2.45, 2.75) is 75.8 Å². The fourth-order valence-corrected chi connectivity index (χ4v) is 7.82. The third-order valence-corrected chi connectivity index (χ3v) is 12.1. The predicted molar refractivity (Wildman–Crippen MR) is 285 cm³/mol. The molecule has 0 bridgehead atoms. The molecule has 4 atom stereocenters. The van der Waals surface area contributed by atoms with Gasteiger partial charge in [0, 0.05) is 106 Å². The summed E-state index contributed by atoms with van der Waals surface area (Å²) in [6.45, 7) is -0.228. The fourth-order valence-electron chi connectivity index (χ4n) is 7.82. The molecule has 0 aliphatic heterocycles. The molecule has 0 aliphatic rings. The van der Waals surface area contributed by atoms with E-state index in [1.54, 1.807) is 82.9 Å². The first-order chi connectivity index (χ1) is 38.5. The Labute approximate surface area is 455 Å². The van der Waals surface area contributed by atoms with Crippen LogP contribution in [0.3, 0.4) is 0 Å². The van der Waals surface area contributed by atoms with Crippen molar-refractivity contribution >= 4 is 92.9 Å². The van der Waals surface area contributed by atoms with Crippen molar-refractivity contribution in [3.8, 4) is 0 Å². The van der Waals surface area contributed by atoms with Gasteiger partial charge in [0.15, 0.2) is 11.9 Å². The SMILES string of the molecule is CNC(=O)CCC(N)C(=O)NC(CCC(=O)NCC(=O)N[C@@H](CNC(=O)c1ccc2c(cnn2CCCNc2ncc[nH]2)c1)C(=O)O)C(=O)NCC(=O)N[C@@H](CNC(=O)c1ccc2c(cnn2CCCNc2ncc[nH]2)c1)C(=O)O. The summed E-state index contributed by atoms with van der Waals surface area (Å²) in [6.07, 6.45) is 10.1. The van der Waals surface area contributed by atoms with Crippen LogP contribution in [0.25, 0.3) is 21.8 Å². The Morgan fingerprint density at radius 1 is 0.588 bits per heavy atom. The van der Waals surface area contributed by atoms with Crippen molar-refractivity contribution in [3.63, 3.8) is 0 Å². The van der Waals surface area contributed by atoms with E-state index < -0.39 is 122 Å². The zero-order chi connectivity index (χ0) is 57.6. The van der Waals surface area contributed by atoms with Crippen LogP contribution in [0, 0.1) is 0 Å². The van der Waals surface area contributed by atoms with Gasteiger partial charge >= 0.3 is 11.9 Å². The number of aromatic amines is 2. The summed E-state index contributed by atoms with van der Waals surface area (Å²) in [5.41, 5.74) is 7.89. The van der Waals surface area contributed by atoms with E-state index in [1.165, 1.54) is 7.05 Å². The van der Waals surface area contributed by atoms with E-state index >= 15 is 0 Å². The Morgan fingerprint density at radius 3 is 1.54 bits per heavy atom. The van der Waals surface area contributed by atoms with Crippen LogP contribution < -0.4 is 58.9 Å². The molecule has 0 spiro atoms. The van der Waals surface area contributed by atoms with Crippen LogP contribution in [0.2, 0.25) is 0 Å². The number of carbonyl (C=O) groups is 10. The van der Waals surface area contributed by atoms with Gasteiger partial charge in [-0.25, -0.2) is 19.6 Å². The number of fused-ring (bicyclic) bond motifs is 2. The molecular formula is C49H63N19O12. The lowest BCUT2D eigenvalue weighted by molar-refractivity contribution is -0.142. The lowest BCUT2D eigenvalue weighted by atomic mass is 10.1. The standard InChI is InChI=1S/C49H63N19O12/c1-51-38(69)10-6-32(50)44(75)66-33(45(76)61-27-41(72)65-35(47(79)80)25-60-43(74)29-5-9-37-31(21-29)23-63-68(37)19-3-13-53-49-56-16-17-57-49)7-11-39(70)58-26-40(71)64-34(46(77)78)24-59-42(73)28-4-8-36-30(20-28)22-62-67(36)18-2-12-52-48-54-14-15-55-48/h4-5,8-9,14-17,20-23,32-35H,2-3,6-7,10-13,18-19,24-27,50H2,1H3,(H,51,69)(H,58,70)(H,59,73)(H,60,74)(H,61,76)(H,64,71)(H,65,72)(H,66,75)(H,77,78)(H,79,80)(H2,52,54,55)(H2,53,56,57)/t32?,33?,34-,35-/m0/s1. The number of carboxylic acids is 2. The topological polar surface area (TPSA) is 450 Å². The number of amides is 8. The number of aliphatic carboxylic acids is 2. The van der Waals surface area contributed by atoms with Crippen molar-refractivity contribution < 1.29 is 58.2 Å². The van der Waals surface area contributed by atoms with E-state index in [0.29, 0.717) is 48.8 Å². The van der Waals surface area contributed by atoms with Crippen molar-refractivity contribution in [2.75, 3.05) is 56.9 Å². The number of anilines is 2. The number of nitrogens with zero attached hydrogens (tertiary/aromatic N) is 6. The van der Waals surface area contributed by atoms with Gasteiger partial charge in [0.1, 0.15) is 18.1 Å². The van der Waals surface area contributed by atoms with Crippen molar-refractivity contribution in [1.82, 2.24) is 82.0 Å². The van der Waals surface area contributed by atoms with Crippen LogP contribution >= 0.6 is 0 Å². The number of nitrogens with two attached hydrogens (primary N) is 1. The summed E-state index contributed by atoms with van der Waals surface area (Å²) in [5.74, 6) is -8.07. The Bertz CT molecular complexity index is 3120. The number of nitrogens with one attached hydrogen (secondary N) is 12. The minimum atomic E-state index is -1.65. The largest absolute Gasteiger partial charge is 0.480 e. The van der Waals surface area contributed by atoms with E-state index in [-0.39, 0.29) is 24.0 Å². The first-order valence-corrected chi connectivity index (χ1v) is 25.3. The molecule has 31 heteroatoms. The second kappa shape index (κ2) is 29.5. The Kier molecular flexibility index (Phi) is 21.9. The van der Waals surface area contributed by atoms with Crippen LogP contribution in [0.5, 0.6) is 0 Å². The molecule has 6 aromatic rings. The summed E-state index contributed by atoms with van der Waals surface area (Å²) in [4.78, 5) is 141. The summed E-state index contributed by atoms with van der Waals surface area (Å²) in [6, 6.07) is 3.58. The molecule has 4 aromatic heterocycles. The van der Waals surface area contributed by atoms with Crippen LogP contribution in [-0.4, -0.2) is 179 Å². The normalized spacial score (nSPS) is 12.5. The fraction of sp³-hybridized carbons (Fsp3) is 0.388. The summed E-state index contributed by atoms with van der Waals surface area (Å²) < 4.78 is 3.56. The van der Waals surface area contributed by atoms with Crippen molar-refractivity contribution in [1.29, 1.82) is 0 Å². The first-order valence-electron chi connectivity index (χ1n) is 25.3. The molecule has 0 aliphatic carbocycles.